The van der Waals surface area contributed by atoms with Crippen LogP contribution in [0.4, 0.5) is 0 Å². The third-order valence-electron chi connectivity index (χ3n) is 3.21. The second-order valence-corrected chi connectivity index (χ2v) is 5.12. The molecule has 108 valence electrons. The zero-order chi connectivity index (χ0) is 15.0. The Labute approximate surface area is 124 Å². The number of aromatic amines is 1. The molecule has 0 radical (unpaired) electrons. The van der Waals surface area contributed by atoms with Gasteiger partial charge in [-0.05, 0) is 30.7 Å². The van der Waals surface area contributed by atoms with Gasteiger partial charge in [-0.3, -0.25) is 9.78 Å². The second-order valence-electron chi connectivity index (χ2n) is 4.68. The molecule has 6 nitrogen and oxygen atoms in total. The van der Waals surface area contributed by atoms with Crippen molar-refractivity contribution in [3.05, 3.63) is 56.5 Å². The Hall–Kier alpha value is -2.34. The van der Waals surface area contributed by atoms with Crippen LogP contribution in [-0.2, 0) is 6.54 Å². The molecule has 2 aromatic heterocycles. The van der Waals surface area contributed by atoms with Crippen molar-refractivity contribution >= 4 is 22.8 Å². The van der Waals surface area contributed by atoms with Crippen LogP contribution < -0.4 is 11.2 Å². The van der Waals surface area contributed by atoms with Gasteiger partial charge in [0.05, 0.1) is 12.0 Å². The lowest BCUT2D eigenvalue weighted by atomic mass is 10.3. The van der Waals surface area contributed by atoms with Crippen LogP contribution in [0.25, 0.3) is 16.9 Å². The van der Waals surface area contributed by atoms with Crippen LogP contribution >= 0.6 is 11.6 Å². The number of aromatic nitrogens is 4. The Morgan fingerprint density at radius 1 is 1.24 bits per heavy atom. The maximum Gasteiger partial charge on any atom is 0.334 e. The van der Waals surface area contributed by atoms with E-state index in [4.69, 9.17) is 11.6 Å². The minimum atomic E-state index is -0.493. The van der Waals surface area contributed by atoms with Gasteiger partial charge in [-0.15, -0.1) is 0 Å². The van der Waals surface area contributed by atoms with Crippen molar-refractivity contribution in [3.63, 3.8) is 0 Å². The number of hydrogen-bond acceptors (Lipinski definition) is 3. The molecule has 0 aliphatic heterocycles. The van der Waals surface area contributed by atoms with E-state index in [1.54, 1.807) is 35.2 Å². The third kappa shape index (κ3) is 2.27. The molecule has 0 saturated heterocycles. The maximum atomic E-state index is 12.2. The SMILES string of the molecule is CCCn1cnc2c(=O)[nH]c(=O)n(-c3ccc(Cl)cc3)c21. The van der Waals surface area contributed by atoms with Crippen LogP contribution in [0.5, 0.6) is 0 Å². The first-order valence-corrected chi connectivity index (χ1v) is 6.95. The second kappa shape index (κ2) is 5.21. The lowest BCUT2D eigenvalue weighted by molar-refractivity contribution is 0.681. The Morgan fingerprint density at radius 3 is 2.62 bits per heavy atom. The fourth-order valence-corrected chi connectivity index (χ4v) is 2.44. The van der Waals surface area contributed by atoms with Crippen molar-refractivity contribution in [2.75, 3.05) is 0 Å². The van der Waals surface area contributed by atoms with Crippen LogP contribution in [0.1, 0.15) is 13.3 Å². The summed E-state index contributed by atoms with van der Waals surface area (Å²) in [5.41, 5.74) is 0.400. The molecule has 3 rings (SSSR count). The summed E-state index contributed by atoms with van der Waals surface area (Å²) in [5.74, 6) is 0. The van der Waals surface area contributed by atoms with Gasteiger partial charge < -0.3 is 4.57 Å². The van der Waals surface area contributed by atoms with Gasteiger partial charge in [0.2, 0.25) is 0 Å². The molecule has 0 saturated carbocycles. The molecule has 0 spiro atoms. The molecule has 2 heterocycles. The summed E-state index contributed by atoms with van der Waals surface area (Å²) in [5, 5.41) is 0.578. The highest BCUT2D eigenvalue weighted by Crippen LogP contribution is 2.16. The highest BCUT2D eigenvalue weighted by Gasteiger charge is 2.14. The average Bonchev–Trinajstić information content (AvgIpc) is 2.86. The minimum absolute atomic E-state index is 0.248. The van der Waals surface area contributed by atoms with Crippen molar-refractivity contribution < 1.29 is 0 Å². The molecular formula is C14H13ClN4O2. The fraction of sp³-hybridized carbons (Fsp3) is 0.214. The van der Waals surface area contributed by atoms with Gasteiger partial charge in [0.1, 0.15) is 0 Å². The van der Waals surface area contributed by atoms with Gasteiger partial charge in [-0.2, -0.15) is 0 Å². The predicted molar refractivity (Wildman–Crippen MR) is 81.3 cm³/mol. The zero-order valence-corrected chi connectivity index (χ0v) is 12.1. The molecule has 0 unspecified atom stereocenters. The zero-order valence-electron chi connectivity index (χ0n) is 11.3. The largest absolute Gasteiger partial charge is 0.334 e. The Balaban J connectivity index is 2.40. The highest BCUT2D eigenvalue weighted by molar-refractivity contribution is 6.30. The number of imidazole rings is 1. The number of aryl methyl sites for hydroxylation is 1. The summed E-state index contributed by atoms with van der Waals surface area (Å²) < 4.78 is 3.25. The molecule has 7 heteroatoms. The fourth-order valence-electron chi connectivity index (χ4n) is 2.31. The molecular weight excluding hydrogens is 292 g/mol. The van der Waals surface area contributed by atoms with Crippen LogP contribution in [-0.4, -0.2) is 19.1 Å². The summed E-state index contributed by atoms with van der Waals surface area (Å²) in [6.07, 6.45) is 2.45. The number of nitrogens with one attached hydrogen (secondary N) is 1. The average molecular weight is 305 g/mol. The number of rotatable bonds is 3. The van der Waals surface area contributed by atoms with Crippen molar-refractivity contribution in [3.8, 4) is 5.69 Å². The topological polar surface area (TPSA) is 72.7 Å². The smallest absolute Gasteiger partial charge is 0.316 e. The molecule has 3 aromatic rings. The lowest BCUT2D eigenvalue weighted by Crippen LogP contribution is -2.30. The van der Waals surface area contributed by atoms with E-state index in [0.29, 0.717) is 22.9 Å². The summed E-state index contributed by atoms with van der Waals surface area (Å²) in [7, 11) is 0. The van der Waals surface area contributed by atoms with Crippen LogP contribution in [0, 0.1) is 0 Å². The van der Waals surface area contributed by atoms with Crippen molar-refractivity contribution in [1.82, 2.24) is 19.1 Å². The van der Waals surface area contributed by atoms with E-state index < -0.39 is 11.2 Å². The Bertz CT molecular complexity index is 905. The standard InChI is InChI=1S/C14H13ClN4O2/c1-2-7-18-8-16-11-12(20)17-14(21)19(13(11)18)10-5-3-9(15)4-6-10/h3-6,8H,2,7H2,1H3,(H,17,20,21). The number of hydrogen-bond donors (Lipinski definition) is 1. The Kier molecular flexibility index (Phi) is 3.39. The summed E-state index contributed by atoms with van der Waals surface area (Å²) in [6.45, 7) is 2.69. The van der Waals surface area contributed by atoms with Crippen molar-refractivity contribution in [1.29, 1.82) is 0 Å². The molecule has 0 aliphatic rings. The minimum Gasteiger partial charge on any atom is -0.316 e. The van der Waals surface area contributed by atoms with Crippen LogP contribution in [0.15, 0.2) is 40.2 Å². The number of benzene rings is 1. The van der Waals surface area contributed by atoms with Crippen molar-refractivity contribution in [2.24, 2.45) is 0 Å². The number of H-pyrrole nitrogens is 1. The first-order chi connectivity index (χ1) is 10.1. The number of halogens is 1. The van der Waals surface area contributed by atoms with Crippen LogP contribution in [0.2, 0.25) is 5.02 Å². The Morgan fingerprint density at radius 2 is 1.95 bits per heavy atom. The van der Waals surface area contributed by atoms with Gasteiger partial charge in [-0.1, -0.05) is 18.5 Å². The number of nitrogens with zero attached hydrogens (tertiary/aromatic N) is 3. The van der Waals surface area contributed by atoms with E-state index in [2.05, 4.69) is 9.97 Å². The molecule has 0 fully saturated rings. The highest BCUT2D eigenvalue weighted by atomic mass is 35.5. The van der Waals surface area contributed by atoms with Gasteiger partial charge >= 0.3 is 5.69 Å². The third-order valence-corrected chi connectivity index (χ3v) is 3.46. The predicted octanol–water partition coefficient (Wildman–Crippen LogP) is 1.94. The van der Waals surface area contributed by atoms with E-state index in [1.165, 1.54) is 4.57 Å². The van der Waals surface area contributed by atoms with E-state index in [9.17, 15) is 9.59 Å². The van der Waals surface area contributed by atoms with Gasteiger partial charge in [0, 0.05) is 11.6 Å². The summed E-state index contributed by atoms with van der Waals surface area (Å²) in [4.78, 5) is 30.5. The monoisotopic (exact) mass is 304 g/mol. The van der Waals surface area contributed by atoms with E-state index >= 15 is 0 Å². The van der Waals surface area contributed by atoms with E-state index in [0.717, 1.165) is 6.42 Å². The normalized spacial score (nSPS) is 11.1. The van der Waals surface area contributed by atoms with Crippen molar-refractivity contribution in [2.45, 2.75) is 19.9 Å². The molecule has 1 N–H and O–H groups in total. The summed E-state index contributed by atoms with van der Waals surface area (Å²) >= 11 is 5.88. The molecule has 0 bridgehead atoms. The van der Waals surface area contributed by atoms with Gasteiger partial charge in [0.25, 0.3) is 5.56 Å². The molecule has 0 atom stereocenters. The molecule has 21 heavy (non-hydrogen) atoms. The van der Waals surface area contributed by atoms with Crippen LogP contribution in [0.3, 0.4) is 0 Å². The van der Waals surface area contributed by atoms with E-state index in [1.807, 2.05) is 6.92 Å². The van der Waals surface area contributed by atoms with E-state index in [-0.39, 0.29) is 5.52 Å². The molecule has 1 aromatic carbocycles. The summed E-state index contributed by atoms with van der Waals surface area (Å²) in [6, 6.07) is 6.84. The maximum absolute atomic E-state index is 12.2. The number of fused-ring (bicyclic) bond motifs is 1. The van der Waals surface area contributed by atoms with Gasteiger partial charge in [0.15, 0.2) is 11.2 Å². The lowest BCUT2D eigenvalue weighted by Gasteiger charge is -2.10. The quantitative estimate of drug-likeness (QED) is 0.803. The van der Waals surface area contributed by atoms with Gasteiger partial charge in [-0.25, -0.2) is 14.3 Å². The first-order valence-electron chi connectivity index (χ1n) is 6.58. The molecule has 0 amide bonds. The first kappa shape index (κ1) is 13.6. The molecule has 0 aliphatic carbocycles.